The van der Waals surface area contributed by atoms with Crippen LogP contribution in [0.25, 0.3) is 11.5 Å². The van der Waals surface area contributed by atoms with Crippen molar-refractivity contribution in [2.75, 3.05) is 16.4 Å². The first-order valence-electron chi connectivity index (χ1n) is 7.90. The van der Waals surface area contributed by atoms with Gasteiger partial charge < -0.3 is 15.1 Å². The first-order chi connectivity index (χ1) is 13.0. The first-order valence-corrected chi connectivity index (χ1v) is 8.88. The number of nitrogens with one attached hydrogen (secondary N) is 2. The van der Waals surface area contributed by atoms with Gasteiger partial charge in [-0.1, -0.05) is 23.9 Å². The van der Waals surface area contributed by atoms with E-state index >= 15 is 0 Å². The molecule has 0 aliphatic rings. The Kier molecular flexibility index (Phi) is 5.82. The summed E-state index contributed by atoms with van der Waals surface area (Å²) >= 11 is 1.05. The molecule has 0 unspecified atom stereocenters. The number of carbonyl (C=O) groups excluding carboxylic acids is 2. The van der Waals surface area contributed by atoms with Crippen LogP contribution in [0.4, 0.5) is 15.8 Å². The van der Waals surface area contributed by atoms with Crippen LogP contribution in [-0.2, 0) is 9.59 Å². The largest absolute Gasteiger partial charge is 0.411 e. The van der Waals surface area contributed by atoms with E-state index in [4.69, 9.17) is 4.42 Å². The number of anilines is 2. The molecule has 0 aliphatic heterocycles. The summed E-state index contributed by atoms with van der Waals surface area (Å²) in [5, 5.41) is 13.2. The van der Waals surface area contributed by atoms with Gasteiger partial charge in [-0.3, -0.25) is 9.59 Å². The Labute approximate surface area is 158 Å². The number of aromatic nitrogens is 2. The Morgan fingerprint density at radius 3 is 2.52 bits per heavy atom. The maximum atomic E-state index is 13.5. The number of carbonyl (C=O) groups is 2. The van der Waals surface area contributed by atoms with Gasteiger partial charge >= 0.3 is 0 Å². The third-order valence-corrected chi connectivity index (χ3v) is 4.15. The van der Waals surface area contributed by atoms with E-state index in [1.807, 2.05) is 0 Å². The molecule has 0 atom stereocenters. The van der Waals surface area contributed by atoms with Crippen LogP contribution in [0.3, 0.4) is 0 Å². The van der Waals surface area contributed by atoms with Crippen LogP contribution in [0.15, 0.2) is 58.2 Å². The minimum atomic E-state index is -0.501. The van der Waals surface area contributed by atoms with E-state index in [0.29, 0.717) is 17.1 Å². The maximum absolute atomic E-state index is 13.5. The van der Waals surface area contributed by atoms with Crippen LogP contribution in [0.2, 0.25) is 0 Å². The summed E-state index contributed by atoms with van der Waals surface area (Å²) < 4.78 is 19.0. The number of thioether (sulfide) groups is 1. The van der Waals surface area contributed by atoms with Crippen molar-refractivity contribution in [3.8, 4) is 11.5 Å². The Hall–Kier alpha value is -3.20. The van der Waals surface area contributed by atoms with Gasteiger partial charge in [0.25, 0.3) is 5.22 Å². The van der Waals surface area contributed by atoms with Crippen molar-refractivity contribution < 1.29 is 18.4 Å². The quantitative estimate of drug-likeness (QED) is 0.629. The number of para-hydroxylation sites is 1. The second-order valence-corrected chi connectivity index (χ2v) is 6.37. The molecule has 0 radical (unpaired) electrons. The molecule has 138 valence electrons. The average Bonchev–Trinajstić information content (AvgIpc) is 3.11. The number of nitrogens with zero attached hydrogens (tertiary/aromatic N) is 2. The van der Waals surface area contributed by atoms with E-state index in [1.165, 1.54) is 19.1 Å². The summed E-state index contributed by atoms with van der Waals surface area (Å²) in [5.74, 6) is -0.755. The lowest BCUT2D eigenvalue weighted by molar-refractivity contribution is -0.114. The monoisotopic (exact) mass is 386 g/mol. The van der Waals surface area contributed by atoms with Crippen LogP contribution in [-0.4, -0.2) is 27.8 Å². The van der Waals surface area contributed by atoms with Crippen LogP contribution < -0.4 is 10.6 Å². The molecule has 27 heavy (non-hydrogen) atoms. The molecule has 2 N–H and O–H groups in total. The summed E-state index contributed by atoms with van der Waals surface area (Å²) in [6, 6.07) is 12.8. The molecule has 9 heteroatoms. The molecule has 0 spiro atoms. The summed E-state index contributed by atoms with van der Waals surface area (Å²) in [5.41, 5.74) is 1.46. The molecule has 1 aromatic heterocycles. The predicted octanol–water partition coefficient (Wildman–Crippen LogP) is 3.56. The Morgan fingerprint density at radius 1 is 1.07 bits per heavy atom. The molecular weight excluding hydrogens is 371 g/mol. The topological polar surface area (TPSA) is 97.1 Å². The van der Waals surface area contributed by atoms with Crippen molar-refractivity contribution in [1.82, 2.24) is 10.2 Å². The smallest absolute Gasteiger partial charge is 0.277 e. The summed E-state index contributed by atoms with van der Waals surface area (Å²) in [6.07, 6.45) is 0. The standard InChI is InChI=1S/C18H15FN4O3S/c1-11(24)20-13-8-6-12(7-9-13)17-22-23-18(26-17)27-10-16(25)21-15-5-3-2-4-14(15)19/h2-9H,10H2,1H3,(H,20,24)(H,21,25). The Morgan fingerprint density at radius 2 is 1.81 bits per heavy atom. The molecule has 0 fully saturated rings. The van der Waals surface area contributed by atoms with E-state index in [1.54, 1.807) is 36.4 Å². The Bertz CT molecular complexity index is 959. The molecule has 1 heterocycles. The lowest BCUT2D eigenvalue weighted by atomic mass is 10.2. The van der Waals surface area contributed by atoms with Gasteiger partial charge in [0.15, 0.2) is 0 Å². The highest BCUT2D eigenvalue weighted by Gasteiger charge is 2.12. The molecule has 2 aromatic carbocycles. The third-order valence-electron chi connectivity index (χ3n) is 3.33. The molecule has 3 rings (SSSR count). The van der Waals surface area contributed by atoms with Gasteiger partial charge in [-0.25, -0.2) is 4.39 Å². The lowest BCUT2D eigenvalue weighted by Gasteiger charge is -2.04. The van der Waals surface area contributed by atoms with Crippen molar-refractivity contribution >= 4 is 35.0 Å². The van der Waals surface area contributed by atoms with Crippen molar-refractivity contribution in [3.05, 3.63) is 54.3 Å². The third kappa shape index (κ3) is 5.14. The zero-order valence-corrected chi connectivity index (χ0v) is 15.0. The lowest BCUT2D eigenvalue weighted by Crippen LogP contribution is -2.14. The molecule has 0 saturated heterocycles. The number of halogens is 1. The molecule has 2 amide bonds. The molecule has 0 saturated carbocycles. The molecule has 7 nitrogen and oxygen atoms in total. The maximum Gasteiger partial charge on any atom is 0.277 e. The van der Waals surface area contributed by atoms with Crippen molar-refractivity contribution in [3.63, 3.8) is 0 Å². The van der Waals surface area contributed by atoms with Crippen LogP contribution >= 0.6 is 11.8 Å². The number of hydrogen-bond donors (Lipinski definition) is 2. The predicted molar refractivity (Wildman–Crippen MR) is 99.8 cm³/mol. The average molecular weight is 386 g/mol. The minimum absolute atomic E-state index is 0.00254. The molecule has 0 bridgehead atoms. The van der Waals surface area contributed by atoms with E-state index in [9.17, 15) is 14.0 Å². The van der Waals surface area contributed by atoms with Crippen molar-refractivity contribution in [2.24, 2.45) is 0 Å². The zero-order chi connectivity index (χ0) is 19.2. The van der Waals surface area contributed by atoms with Gasteiger partial charge in [-0.05, 0) is 36.4 Å². The number of hydrogen-bond acceptors (Lipinski definition) is 6. The second-order valence-electron chi connectivity index (χ2n) is 5.45. The molecule has 3 aromatic rings. The molecular formula is C18H15FN4O3S. The number of amides is 2. The van der Waals surface area contributed by atoms with E-state index in [2.05, 4.69) is 20.8 Å². The zero-order valence-electron chi connectivity index (χ0n) is 14.2. The highest BCUT2D eigenvalue weighted by atomic mass is 32.2. The fraction of sp³-hybridized carbons (Fsp3) is 0.111. The number of rotatable bonds is 6. The summed E-state index contributed by atoms with van der Waals surface area (Å²) in [7, 11) is 0. The number of benzene rings is 2. The SMILES string of the molecule is CC(=O)Nc1ccc(-c2nnc(SCC(=O)Nc3ccccc3F)o2)cc1. The van der Waals surface area contributed by atoms with Gasteiger partial charge in [-0.15, -0.1) is 10.2 Å². The minimum Gasteiger partial charge on any atom is -0.411 e. The van der Waals surface area contributed by atoms with E-state index in [0.717, 1.165) is 11.8 Å². The highest BCUT2D eigenvalue weighted by molar-refractivity contribution is 7.99. The molecule has 0 aliphatic carbocycles. The summed E-state index contributed by atoms with van der Waals surface area (Å²) in [6.45, 7) is 1.43. The second kappa shape index (κ2) is 8.45. The van der Waals surface area contributed by atoms with E-state index in [-0.39, 0.29) is 28.5 Å². The van der Waals surface area contributed by atoms with Crippen LogP contribution in [0.1, 0.15) is 6.92 Å². The van der Waals surface area contributed by atoms with E-state index < -0.39 is 5.82 Å². The van der Waals surface area contributed by atoms with Crippen LogP contribution in [0.5, 0.6) is 0 Å². The van der Waals surface area contributed by atoms with Gasteiger partial charge in [-0.2, -0.15) is 0 Å². The highest BCUT2D eigenvalue weighted by Crippen LogP contribution is 2.24. The van der Waals surface area contributed by atoms with Gasteiger partial charge in [0.1, 0.15) is 5.82 Å². The van der Waals surface area contributed by atoms with Gasteiger partial charge in [0, 0.05) is 18.2 Å². The van der Waals surface area contributed by atoms with Gasteiger partial charge in [0.05, 0.1) is 11.4 Å². The van der Waals surface area contributed by atoms with Crippen molar-refractivity contribution in [2.45, 2.75) is 12.1 Å². The fourth-order valence-electron chi connectivity index (χ4n) is 2.16. The first kappa shape index (κ1) is 18.6. The normalized spacial score (nSPS) is 10.4. The van der Waals surface area contributed by atoms with Gasteiger partial charge in [0.2, 0.25) is 17.7 Å². The fourth-order valence-corrected chi connectivity index (χ4v) is 2.72. The summed E-state index contributed by atoms with van der Waals surface area (Å²) in [4.78, 5) is 22.9. The van der Waals surface area contributed by atoms with Crippen LogP contribution in [0, 0.1) is 5.82 Å². The van der Waals surface area contributed by atoms with Crippen molar-refractivity contribution in [1.29, 1.82) is 0 Å². The Balaban J connectivity index is 1.57.